The molecular weight excluding hydrogens is 224 g/mol. The number of hydrogen-bond acceptors (Lipinski definition) is 3. The Labute approximate surface area is 111 Å². The van der Waals surface area contributed by atoms with E-state index in [0.717, 1.165) is 12.2 Å². The topological polar surface area (TPSA) is 38.5 Å². The summed E-state index contributed by atoms with van der Waals surface area (Å²) in [6.07, 6.45) is 1.09. The molecule has 2 unspecified atom stereocenters. The molecule has 0 fully saturated rings. The SMILES string of the molecule is CCOc1ccc(C(C(CC)CN)N(C)C)cc1. The van der Waals surface area contributed by atoms with Crippen molar-refractivity contribution in [3.63, 3.8) is 0 Å². The molecule has 0 saturated carbocycles. The summed E-state index contributed by atoms with van der Waals surface area (Å²) in [5.41, 5.74) is 7.19. The lowest BCUT2D eigenvalue weighted by molar-refractivity contribution is 0.210. The van der Waals surface area contributed by atoms with E-state index in [2.05, 4.69) is 38.1 Å². The van der Waals surface area contributed by atoms with Crippen LogP contribution in [0.5, 0.6) is 5.75 Å². The highest BCUT2D eigenvalue weighted by Gasteiger charge is 2.22. The Morgan fingerprint density at radius 1 is 1.17 bits per heavy atom. The third-order valence-electron chi connectivity index (χ3n) is 3.36. The van der Waals surface area contributed by atoms with E-state index < -0.39 is 0 Å². The van der Waals surface area contributed by atoms with Crippen LogP contribution in [0.3, 0.4) is 0 Å². The molecule has 1 aromatic carbocycles. The first-order valence-electron chi connectivity index (χ1n) is 6.73. The van der Waals surface area contributed by atoms with Gasteiger partial charge >= 0.3 is 0 Å². The van der Waals surface area contributed by atoms with Crippen molar-refractivity contribution < 1.29 is 4.74 Å². The summed E-state index contributed by atoms with van der Waals surface area (Å²) >= 11 is 0. The van der Waals surface area contributed by atoms with Gasteiger partial charge in [0, 0.05) is 6.04 Å². The molecule has 3 heteroatoms. The Balaban J connectivity index is 2.92. The highest BCUT2D eigenvalue weighted by molar-refractivity contribution is 5.29. The highest BCUT2D eigenvalue weighted by atomic mass is 16.5. The second-order valence-corrected chi connectivity index (χ2v) is 4.81. The summed E-state index contributed by atoms with van der Waals surface area (Å²) in [7, 11) is 4.22. The van der Waals surface area contributed by atoms with Crippen molar-refractivity contribution >= 4 is 0 Å². The molecule has 2 atom stereocenters. The highest BCUT2D eigenvalue weighted by Crippen LogP contribution is 2.29. The van der Waals surface area contributed by atoms with Crippen molar-refractivity contribution in [2.75, 3.05) is 27.2 Å². The Morgan fingerprint density at radius 2 is 1.78 bits per heavy atom. The molecule has 0 aromatic heterocycles. The van der Waals surface area contributed by atoms with E-state index >= 15 is 0 Å². The van der Waals surface area contributed by atoms with Crippen molar-refractivity contribution in [1.82, 2.24) is 4.90 Å². The molecule has 0 amide bonds. The van der Waals surface area contributed by atoms with Gasteiger partial charge in [-0.1, -0.05) is 25.5 Å². The zero-order valence-electron chi connectivity index (χ0n) is 12.0. The van der Waals surface area contributed by atoms with Crippen molar-refractivity contribution in [2.45, 2.75) is 26.3 Å². The van der Waals surface area contributed by atoms with Gasteiger partial charge in [0.25, 0.3) is 0 Å². The standard InChI is InChI=1S/C15H26N2O/c1-5-12(11-16)15(17(3)4)13-7-9-14(10-8-13)18-6-2/h7-10,12,15H,5-6,11,16H2,1-4H3. The van der Waals surface area contributed by atoms with Crippen molar-refractivity contribution in [1.29, 1.82) is 0 Å². The lowest BCUT2D eigenvalue weighted by atomic mass is 9.90. The van der Waals surface area contributed by atoms with Crippen LogP contribution < -0.4 is 10.5 Å². The molecular formula is C15H26N2O. The van der Waals surface area contributed by atoms with Gasteiger partial charge in [-0.25, -0.2) is 0 Å². The number of ether oxygens (including phenoxy) is 1. The first kappa shape index (κ1) is 15.0. The van der Waals surface area contributed by atoms with Crippen LogP contribution in [0.15, 0.2) is 24.3 Å². The first-order chi connectivity index (χ1) is 8.63. The minimum absolute atomic E-state index is 0.371. The van der Waals surface area contributed by atoms with Gasteiger partial charge in [0.05, 0.1) is 6.61 Å². The van der Waals surface area contributed by atoms with Crippen LogP contribution in [0.2, 0.25) is 0 Å². The molecule has 0 spiro atoms. The van der Waals surface area contributed by atoms with E-state index in [1.54, 1.807) is 0 Å². The maximum Gasteiger partial charge on any atom is 0.119 e. The summed E-state index contributed by atoms with van der Waals surface area (Å²) in [4.78, 5) is 2.25. The van der Waals surface area contributed by atoms with Crippen LogP contribution in [-0.4, -0.2) is 32.1 Å². The minimum atomic E-state index is 0.371. The van der Waals surface area contributed by atoms with Crippen molar-refractivity contribution in [2.24, 2.45) is 11.7 Å². The number of benzene rings is 1. The molecule has 2 N–H and O–H groups in total. The van der Waals surface area contributed by atoms with E-state index in [1.807, 2.05) is 19.1 Å². The van der Waals surface area contributed by atoms with Gasteiger partial charge in [-0.2, -0.15) is 0 Å². The minimum Gasteiger partial charge on any atom is -0.494 e. The van der Waals surface area contributed by atoms with E-state index in [4.69, 9.17) is 10.5 Å². The Hall–Kier alpha value is -1.06. The second kappa shape index (κ2) is 7.39. The molecule has 0 aliphatic heterocycles. The normalized spacial score (nSPS) is 14.6. The molecule has 1 aromatic rings. The molecule has 0 aliphatic rings. The third-order valence-corrected chi connectivity index (χ3v) is 3.36. The van der Waals surface area contributed by atoms with Gasteiger partial charge in [-0.15, -0.1) is 0 Å². The Bertz CT molecular complexity index is 331. The quantitative estimate of drug-likeness (QED) is 0.808. The smallest absolute Gasteiger partial charge is 0.119 e. The summed E-state index contributed by atoms with van der Waals surface area (Å²) in [6.45, 7) is 5.62. The van der Waals surface area contributed by atoms with Gasteiger partial charge in [0.2, 0.25) is 0 Å². The second-order valence-electron chi connectivity index (χ2n) is 4.81. The van der Waals surface area contributed by atoms with Crippen molar-refractivity contribution in [3.8, 4) is 5.75 Å². The number of nitrogens with two attached hydrogens (primary N) is 1. The predicted octanol–water partition coefficient (Wildman–Crippen LogP) is 2.67. The molecule has 102 valence electrons. The van der Waals surface area contributed by atoms with Gasteiger partial charge in [-0.3, -0.25) is 0 Å². The van der Waals surface area contributed by atoms with Gasteiger partial charge in [0.15, 0.2) is 0 Å². The summed E-state index contributed by atoms with van der Waals surface area (Å²) in [6, 6.07) is 8.75. The lowest BCUT2D eigenvalue weighted by Gasteiger charge is -2.31. The Morgan fingerprint density at radius 3 is 2.17 bits per heavy atom. The van der Waals surface area contributed by atoms with Crippen molar-refractivity contribution in [3.05, 3.63) is 29.8 Å². The molecule has 0 bridgehead atoms. The fourth-order valence-corrected chi connectivity index (χ4v) is 2.44. The molecule has 0 aliphatic carbocycles. The fourth-order valence-electron chi connectivity index (χ4n) is 2.44. The van der Waals surface area contributed by atoms with Gasteiger partial charge < -0.3 is 15.4 Å². The number of hydrogen-bond donors (Lipinski definition) is 1. The maximum absolute atomic E-state index is 5.89. The van der Waals surface area contributed by atoms with Crippen LogP contribution in [0.4, 0.5) is 0 Å². The molecule has 3 nitrogen and oxygen atoms in total. The van der Waals surface area contributed by atoms with Crippen LogP contribution in [0, 0.1) is 5.92 Å². The molecule has 1 rings (SSSR count). The van der Waals surface area contributed by atoms with Crippen LogP contribution in [-0.2, 0) is 0 Å². The maximum atomic E-state index is 5.89. The zero-order chi connectivity index (χ0) is 13.5. The van der Waals surface area contributed by atoms with Gasteiger partial charge in [0.1, 0.15) is 5.75 Å². The summed E-state index contributed by atoms with van der Waals surface area (Å²) in [5.74, 6) is 1.41. The Kier molecular flexibility index (Phi) is 6.16. The lowest BCUT2D eigenvalue weighted by Crippen LogP contribution is -2.31. The van der Waals surface area contributed by atoms with E-state index in [9.17, 15) is 0 Å². The van der Waals surface area contributed by atoms with E-state index in [0.29, 0.717) is 25.1 Å². The van der Waals surface area contributed by atoms with Crippen LogP contribution >= 0.6 is 0 Å². The van der Waals surface area contributed by atoms with E-state index in [-0.39, 0.29) is 0 Å². The molecule has 18 heavy (non-hydrogen) atoms. The first-order valence-corrected chi connectivity index (χ1v) is 6.73. The predicted molar refractivity (Wildman–Crippen MR) is 76.9 cm³/mol. The largest absolute Gasteiger partial charge is 0.494 e. The molecule has 0 saturated heterocycles. The average Bonchev–Trinajstić information content (AvgIpc) is 2.37. The van der Waals surface area contributed by atoms with Gasteiger partial charge in [-0.05, 0) is 51.2 Å². The summed E-state index contributed by atoms with van der Waals surface area (Å²) in [5, 5.41) is 0. The monoisotopic (exact) mass is 250 g/mol. The third kappa shape index (κ3) is 3.72. The molecule has 0 radical (unpaired) electrons. The van der Waals surface area contributed by atoms with Crippen LogP contribution in [0.1, 0.15) is 31.9 Å². The molecule has 0 heterocycles. The van der Waals surface area contributed by atoms with E-state index in [1.165, 1.54) is 5.56 Å². The zero-order valence-corrected chi connectivity index (χ0v) is 12.0. The summed E-state index contributed by atoms with van der Waals surface area (Å²) < 4.78 is 5.48. The average molecular weight is 250 g/mol. The number of rotatable bonds is 7. The number of nitrogens with zero attached hydrogens (tertiary/aromatic N) is 1. The fraction of sp³-hybridized carbons (Fsp3) is 0.600. The van der Waals surface area contributed by atoms with Crippen LogP contribution in [0.25, 0.3) is 0 Å².